The molecular formula is C8H16O5. The van der Waals surface area contributed by atoms with Crippen molar-refractivity contribution >= 4 is 0 Å². The van der Waals surface area contributed by atoms with E-state index < -0.39 is 24.1 Å². The molecule has 0 aliphatic carbocycles. The predicted octanol–water partition coefficient (Wildman–Crippen LogP) is -0.884. The quantitative estimate of drug-likeness (QED) is 0.607. The molecule has 1 fully saturated rings. The SMILES string of the molecule is CO[C@H]1O[C@H](CO)[C@@H](O)[C@@]1(C)OC. The molecule has 0 radical (unpaired) electrons. The Morgan fingerprint density at radius 3 is 2.38 bits per heavy atom. The van der Waals surface area contributed by atoms with Crippen LogP contribution in [0.25, 0.3) is 0 Å². The van der Waals surface area contributed by atoms with Gasteiger partial charge in [-0.25, -0.2) is 0 Å². The number of aliphatic hydroxyl groups excluding tert-OH is 2. The van der Waals surface area contributed by atoms with E-state index in [-0.39, 0.29) is 6.61 Å². The van der Waals surface area contributed by atoms with Gasteiger partial charge in [-0.05, 0) is 6.92 Å². The fourth-order valence-corrected chi connectivity index (χ4v) is 1.53. The highest BCUT2D eigenvalue weighted by Crippen LogP contribution is 2.33. The van der Waals surface area contributed by atoms with Gasteiger partial charge in [-0.15, -0.1) is 0 Å². The molecule has 0 aromatic rings. The molecule has 1 heterocycles. The average Bonchev–Trinajstić information content (AvgIpc) is 2.41. The van der Waals surface area contributed by atoms with Gasteiger partial charge in [-0.3, -0.25) is 0 Å². The van der Waals surface area contributed by atoms with Crippen molar-refractivity contribution in [2.75, 3.05) is 20.8 Å². The summed E-state index contributed by atoms with van der Waals surface area (Å²) in [6.45, 7) is 1.43. The minimum absolute atomic E-state index is 0.250. The van der Waals surface area contributed by atoms with Crippen LogP contribution in [0.2, 0.25) is 0 Å². The summed E-state index contributed by atoms with van der Waals surface area (Å²) >= 11 is 0. The number of aliphatic hydroxyl groups is 2. The molecule has 4 atom stereocenters. The lowest BCUT2D eigenvalue weighted by Crippen LogP contribution is -2.48. The van der Waals surface area contributed by atoms with E-state index in [1.165, 1.54) is 14.2 Å². The van der Waals surface area contributed by atoms with Crippen LogP contribution in [0.4, 0.5) is 0 Å². The maximum absolute atomic E-state index is 9.72. The van der Waals surface area contributed by atoms with Crippen molar-refractivity contribution in [1.29, 1.82) is 0 Å². The Morgan fingerprint density at radius 2 is 2.08 bits per heavy atom. The van der Waals surface area contributed by atoms with Gasteiger partial charge in [0.15, 0.2) is 6.29 Å². The van der Waals surface area contributed by atoms with E-state index in [0.29, 0.717) is 0 Å². The average molecular weight is 192 g/mol. The number of methoxy groups -OCH3 is 2. The van der Waals surface area contributed by atoms with E-state index in [1.54, 1.807) is 6.92 Å². The Hall–Kier alpha value is -0.200. The zero-order valence-corrected chi connectivity index (χ0v) is 8.06. The van der Waals surface area contributed by atoms with E-state index in [0.717, 1.165) is 0 Å². The van der Waals surface area contributed by atoms with Crippen LogP contribution in [-0.4, -0.2) is 55.1 Å². The van der Waals surface area contributed by atoms with Gasteiger partial charge in [0.05, 0.1) is 6.61 Å². The monoisotopic (exact) mass is 192 g/mol. The molecule has 0 aromatic heterocycles. The Balaban J connectivity index is 2.80. The smallest absolute Gasteiger partial charge is 0.189 e. The first-order chi connectivity index (χ1) is 6.10. The van der Waals surface area contributed by atoms with Gasteiger partial charge in [-0.1, -0.05) is 0 Å². The lowest BCUT2D eigenvalue weighted by molar-refractivity contribution is -0.197. The number of ether oxygens (including phenoxy) is 3. The van der Waals surface area contributed by atoms with Gasteiger partial charge in [0.2, 0.25) is 0 Å². The molecule has 1 rings (SSSR count). The second-order valence-corrected chi connectivity index (χ2v) is 3.26. The van der Waals surface area contributed by atoms with Crippen LogP contribution in [-0.2, 0) is 14.2 Å². The van der Waals surface area contributed by atoms with Crippen molar-refractivity contribution in [3.05, 3.63) is 0 Å². The molecule has 1 aliphatic rings. The highest BCUT2D eigenvalue weighted by Gasteiger charge is 2.53. The Morgan fingerprint density at radius 1 is 1.46 bits per heavy atom. The summed E-state index contributed by atoms with van der Waals surface area (Å²) in [6.07, 6.45) is -2.17. The van der Waals surface area contributed by atoms with Crippen LogP contribution >= 0.6 is 0 Å². The topological polar surface area (TPSA) is 68.2 Å². The standard InChI is InChI=1S/C8H16O5/c1-8(12-3)6(10)5(4-9)13-7(8)11-2/h5-7,9-10H,4H2,1-3H3/t5-,6-,7+,8-/m1/s1. The molecule has 0 unspecified atom stereocenters. The molecule has 5 nitrogen and oxygen atoms in total. The van der Waals surface area contributed by atoms with Gasteiger partial charge >= 0.3 is 0 Å². The molecule has 0 amide bonds. The maximum atomic E-state index is 9.72. The van der Waals surface area contributed by atoms with Crippen LogP contribution in [0.5, 0.6) is 0 Å². The molecule has 0 saturated carbocycles. The lowest BCUT2D eigenvalue weighted by atomic mass is 9.97. The molecule has 13 heavy (non-hydrogen) atoms. The summed E-state index contributed by atoms with van der Waals surface area (Å²) in [5, 5.41) is 18.6. The summed E-state index contributed by atoms with van der Waals surface area (Å²) in [4.78, 5) is 0. The fraction of sp³-hybridized carbons (Fsp3) is 1.00. The minimum Gasteiger partial charge on any atom is -0.394 e. The largest absolute Gasteiger partial charge is 0.394 e. The summed E-state index contributed by atoms with van der Waals surface area (Å²) in [7, 11) is 2.94. The Kier molecular flexibility index (Phi) is 3.26. The summed E-state index contributed by atoms with van der Waals surface area (Å²) in [5.41, 5.74) is -0.915. The predicted molar refractivity (Wildman–Crippen MR) is 44.2 cm³/mol. The van der Waals surface area contributed by atoms with Crippen molar-refractivity contribution < 1.29 is 24.4 Å². The van der Waals surface area contributed by atoms with Crippen molar-refractivity contribution in [2.45, 2.75) is 31.0 Å². The zero-order valence-electron chi connectivity index (χ0n) is 8.06. The normalized spacial score (nSPS) is 45.5. The van der Waals surface area contributed by atoms with Crippen molar-refractivity contribution in [2.24, 2.45) is 0 Å². The van der Waals surface area contributed by atoms with E-state index in [2.05, 4.69) is 0 Å². The van der Waals surface area contributed by atoms with E-state index in [4.69, 9.17) is 19.3 Å². The highest BCUT2D eigenvalue weighted by molar-refractivity contribution is 4.98. The zero-order chi connectivity index (χ0) is 10.1. The lowest BCUT2D eigenvalue weighted by Gasteiger charge is -2.29. The maximum Gasteiger partial charge on any atom is 0.189 e. The van der Waals surface area contributed by atoms with Crippen LogP contribution < -0.4 is 0 Å². The third kappa shape index (κ3) is 1.58. The molecule has 1 aliphatic heterocycles. The van der Waals surface area contributed by atoms with Gasteiger partial charge in [0.1, 0.15) is 17.8 Å². The molecule has 1 saturated heterocycles. The summed E-state index contributed by atoms with van der Waals surface area (Å²) < 4.78 is 15.4. The third-order valence-corrected chi connectivity index (χ3v) is 2.54. The molecule has 78 valence electrons. The van der Waals surface area contributed by atoms with Crippen molar-refractivity contribution in [3.63, 3.8) is 0 Å². The summed E-state index contributed by atoms with van der Waals surface area (Å²) in [6, 6.07) is 0. The van der Waals surface area contributed by atoms with Crippen molar-refractivity contribution in [1.82, 2.24) is 0 Å². The van der Waals surface area contributed by atoms with Crippen LogP contribution in [0.15, 0.2) is 0 Å². The second kappa shape index (κ2) is 3.89. The van der Waals surface area contributed by atoms with Gasteiger partial charge in [-0.2, -0.15) is 0 Å². The number of rotatable bonds is 3. The molecule has 0 aromatic carbocycles. The van der Waals surface area contributed by atoms with Crippen molar-refractivity contribution in [3.8, 4) is 0 Å². The Labute approximate surface area is 77.2 Å². The van der Waals surface area contributed by atoms with Gasteiger partial charge in [0.25, 0.3) is 0 Å². The number of hydrogen-bond donors (Lipinski definition) is 2. The van der Waals surface area contributed by atoms with Gasteiger partial charge in [0, 0.05) is 14.2 Å². The first-order valence-electron chi connectivity index (χ1n) is 4.12. The fourth-order valence-electron chi connectivity index (χ4n) is 1.53. The molecule has 0 spiro atoms. The van der Waals surface area contributed by atoms with Crippen LogP contribution in [0.1, 0.15) is 6.92 Å². The third-order valence-electron chi connectivity index (χ3n) is 2.54. The summed E-state index contributed by atoms with van der Waals surface area (Å²) in [5.74, 6) is 0. The highest BCUT2D eigenvalue weighted by atomic mass is 16.7. The van der Waals surface area contributed by atoms with Crippen LogP contribution in [0, 0.1) is 0 Å². The van der Waals surface area contributed by atoms with E-state index in [1.807, 2.05) is 0 Å². The molecule has 5 heteroatoms. The number of hydrogen-bond acceptors (Lipinski definition) is 5. The molecule has 0 bridgehead atoms. The molecular weight excluding hydrogens is 176 g/mol. The second-order valence-electron chi connectivity index (χ2n) is 3.26. The first kappa shape index (κ1) is 10.9. The van der Waals surface area contributed by atoms with E-state index in [9.17, 15) is 5.11 Å². The minimum atomic E-state index is -0.915. The first-order valence-corrected chi connectivity index (χ1v) is 4.12. The van der Waals surface area contributed by atoms with Gasteiger partial charge < -0.3 is 24.4 Å². The van der Waals surface area contributed by atoms with Crippen LogP contribution in [0.3, 0.4) is 0 Å². The van der Waals surface area contributed by atoms with E-state index >= 15 is 0 Å². The Bertz CT molecular complexity index is 170. The molecule has 2 N–H and O–H groups in total.